The molecule has 5 nitrogen and oxygen atoms in total. The lowest BCUT2D eigenvalue weighted by molar-refractivity contribution is -0.155. The normalized spacial score (nSPS) is 17.6. The van der Waals surface area contributed by atoms with Crippen molar-refractivity contribution in [3.8, 4) is 0 Å². The molecule has 100 valence electrons. The quantitative estimate of drug-likeness (QED) is 0.752. The van der Waals surface area contributed by atoms with Crippen molar-refractivity contribution in [2.24, 2.45) is 5.92 Å². The van der Waals surface area contributed by atoms with Crippen LogP contribution >= 0.6 is 0 Å². The Balaban J connectivity index is 2.17. The first kappa shape index (κ1) is 13.1. The number of nitrogens with zero attached hydrogens (tertiary/aromatic N) is 2. The molecule has 1 aromatic rings. The van der Waals surface area contributed by atoms with Crippen molar-refractivity contribution in [1.29, 1.82) is 0 Å². The topological polar surface area (TPSA) is 65.2 Å². The van der Waals surface area contributed by atoms with Crippen molar-refractivity contribution < 1.29 is 14.1 Å². The largest absolute Gasteiger partial charge is 0.465 e. The van der Waals surface area contributed by atoms with Gasteiger partial charge in [0.05, 0.1) is 6.61 Å². The van der Waals surface area contributed by atoms with Crippen LogP contribution in [0.1, 0.15) is 51.7 Å². The first-order valence-corrected chi connectivity index (χ1v) is 6.59. The van der Waals surface area contributed by atoms with Gasteiger partial charge >= 0.3 is 5.97 Å². The molecule has 1 fully saturated rings. The Labute approximate surface area is 107 Å². The van der Waals surface area contributed by atoms with E-state index in [1.807, 2.05) is 6.92 Å². The van der Waals surface area contributed by atoms with Crippen LogP contribution in [0.3, 0.4) is 0 Å². The summed E-state index contributed by atoms with van der Waals surface area (Å²) < 4.78 is 10.4. The number of aromatic nitrogens is 2. The zero-order valence-electron chi connectivity index (χ0n) is 11.2. The third-order valence-corrected chi connectivity index (χ3v) is 3.34. The van der Waals surface area contributed by atoms with Gasteiger partial charge in [-0.2, -0.15) is 4.98 Å². The predicted octanol–water partition coefficient (Wildman–Crippen LogP) is 2.25. The van der Waals surface area contributed by atoms with Gasteiger partial charge in [0, 0.05) is 6.42 Å². The van der Waals surface area contributed by atoms with Crippen LogP contribution in [-0.4, -0.2) is 22.7 Å². The third kappa shape index (κ3) is 2.26. The molecule has 2 rings (SSSR count). The summed E-state index contributed by atoms with van der Waals surface area (Å²) in [5.74, 6) is 1.35. The molecular weight excluding hydrogens is 232 g/mol. The molecule has 0 atom stereocenters. The van der Waals surface area contributed by atoms with Crippen LogP contribution in [0.4, 0.5) is 0 Å². The number of carbonyl (C=O) groups is 1. The minimum Gasteiger partial charge on any atom is -0.465 e. The van der Waals surface area contributed by atoms with Crippen molar-refractivity contribution in [3.05, 3.63) is 11.7 Å². The maximum absolute atomic E-state index is 12.0. The summed E-state index contributed by atoms with van der Waals surface area (Å²) in [5.41, 5.74) is -0.668. The Morgan fingerprint density at radius 2 is 2.22 bits per heavy atom. The molecule has 1 saturated carbocycles. The third-order valence-electron chi connectivity index (χ3n) is 3.34. The van der Waals surface area contributed by atoms with E-state index in [-0.39, 0.29) is 5.97 Å². The van der Waals surface area contributed by atoms with Gasteiger partial charge in [0.1, 0.15) is 5.41 Å². The zero-order chi connectivity index (χ0) is 13.2. The molecule has 0 amide bonds. The molecule has 0 aromatic carbocycles. The van der Waals surface area contributed by atoms with Crippen molar-refractivity contribution in [3.63, 3.8) is 0 Å². The second-order valence-corrected chi connectivity index (χ2v) is 5.27. The minimum atomic E-state index is -0.668. The summed E-state index contributed by atoms with van der Waals surface area (Å²) in [6.07, 6.45) is 3.26. The minimum absolute atomic E-state index is 0.226. The summed E-state index contributed by atoms with van der Waals surface area (Å²) >= 11 is 0. The van der Waals surface area contributed by atoms with Crippen molar-refractivity contribution >= 4 is 5.97 Å². The van der Waals surface area contributed by atoms with E-state index < -0.39 is 5.41 Å². The van der Waals surface area contributed by atoms with Gasteiger partial charge in [-0.3, -0.25) is 4.79 Å². The number of ether oxygens (including phenoxy) is 1. The lowest BCUT2D eigenvalue weighted by atomic mass is 9.68. The number of hydrogen-bond donors (Lipinski definition) is 0. The first-order chi connectivity index (χ1) is 8.58. The first-order valence-electron chi connectivity index (χ1n) is 6.59. The number of rotatable bonds is 5. The van der Waals surface area contributed by atoms with E-state index in [0.29, 0.717) is 24.2 Å². The Morgan fingerprint density at radius 1 is 1.50 bits per heavy atom. The highest BCUT2D eigenvalue weighted by Gasteiger charge is 2.51. The Kier molecular flexibility index (Phi) is 3.68. The number of hydrogen-bond acceptors (Lipinski definition) is 5. The molecule has 1 aliphatic rings. The molecule has 1 heterocycles. The maximum atomic E-state index is 12.0. The molecular formula is C13H20N2O3. The van der Waals surface area contributed by atoms with Crippen LogP contribution in [-0.2, 0) is 21.4 Å². The van der Waals surface area contributed by atoms with Gasteiger partial charge in [0.15, 0.2) is 5.82 Å². The average molecular weight is 252 g/mol. The fourth-order valence-corrected chi connectivity index (χ4v) is 2.20. The second kappa shape index (κ2) is 5.08. The summed E-state index contributed by atoms with van der Waals surface area (Å²) in [6, 6.07) is 0. The summed E-state index contributed by atoms with van der Waals surface area (Å²) in [6.45, 7) is 6.39. The van der Waals surface area contributed by atoms with E-state index in [1.54, 1.807) is 0 Å². The van der Waals surface area contributed by atoms with E-state index in [9.17, 15) is 4.79 Å². The van der Waals surface area contributed by atoms with Crippen molar-refractivity contribution in [2.75, 3.05) is 6.61 Å². The van der Waals surface area contributed by atoms with Crippen molar-refractivity contribution in [1.82, 2.24) is 10.1 Å². The summed E-state index contributed by atoms with van der Waals surface area (Å²) in [5, 5.41) is 3.95. The lowest BCUT2D eigenvalue weighted by Gasteiger charge is -2.35. The monoisotopic (exact) mass is 252 g/mol. The van der Waals surface area contributed by atoms with Crippen molar-refractivity contribution in [2.45, 2.75) is 51.9 Å². The SMILES string of the molecule is CCOC(=O)C1(c2nc(CC(C)C)no2)CCC1. The van der Waals surface area contributed by atoms with E-state index >= 15 is 0 Å². The van der Waals surface area contributed by atoms with Crippen LogP contribution in [0.5, 0.6) is 0 Å². The number of esters is 1. The molecule has 0 aliphatic heterocycles. The summed E-state index contributed by atoms with van der Waals surface area (Å²) in [4.78, 5) is 16.4. The molecule has 0 radical (unpaired) electrons. The molecule has 0 unspecified atom stereocenters. The van der Waals surface area contributed by atoms with Gasteiger partial charge in [-0.05, 0) is 25.7 Å². The van der Waals surface area contributed by atoms with Gasteiger partial charge in [-0.25, -0.2) is 0 Å². The Morgan fingerprint density at radius 3 is 2.72 bits per heavy atom. The molecule has 18 heavy (non-hydrogen) atoms. The molecule has 0 bridgehead atoms. The average Bonchev–Trinajstić information content (AvgIpc) is 2.64. The van der Waals surface area contributed by atoms with Gasteiger partial charge < -0.3 is 9.26 Å². The zero-order valence-corrected chi connectivity index (χ0v) is 11.2. The van der Waals surface area contributed by atoms with E-state index in [1.165, 1.54) is 0 Å². The molecule has 0 spiro atoms. The Hall–Kier alpha value is -1.39. The Bertz CT molecular complexity index is 422. The van der Waals surface area contributed by atoms with Crippen LogP contribution in [0.2, 0.25) is 0 Å². The fourth-order valence-electron chi connectivity index (χ4n) is 2.20. The summed E-state index contributed by atoms with van der Waals surface area (Å²) in [7, 11) is 0. The van der Waals surface area contributed by atoms with E-state index in [4.69, 9.17) is 9.26 Å². The van der Waals surface area contributed by atoms with Gasteiger partial charge in [-0.1, -0.05) is 25.4 Å². The van der Waals surface area contributed by atoms with Crippen LogP contribution in [0, 0.1) is 5.92 Å². The van der Waals surface area contributed by atoms with Gasteiger partial charge in [0.25, 0.3) is 0 Å². The molecule has 0 saturated heterocycles. The molecule has 1 aromatic heterocycles. The molecule has 0 N–H and O–H groups in total. The highest BCUT2D eigenvalue weighted by atomic mass is 16.5. The van der Waals surface area contributed by atoms with E-state index in [0.717, 1.165) is 25.7 Å². The molecule has 5 heteroatoms. The standard InChI is InChI=1S/C13H20N2O3/c1-4-17-12(16)13(6-5-7-13)11-14-10(15-18-11)8-9(2)3/h9H,4-8H2,1-3H3. The van der Waals surface area contributed by atoms with E-state index in [2.05, 4.69) is 24.0 Å². The smallest absolute Gasteiger partial charge is 0.321 e. The maximum Gasteiger partial charge on any atom is 0.321 e. The highest BCUT2D eigenvalue weighted by Crippen LogP contribution is 2.44. The molecule has 1 aliphatic carbocycles. The number of carbonyl (C=O) groups excluding carboxylic acids is 1. The fraction of sp³-hybridized carbons (Fsp3) is 0.769. The van der Waals surface area contributed by atoms with Crippen LogP contribution < -0.4 is 0 Å². The highest BCUT2D eigenvalue weighted by molar-refractivity contribution is 5.82. The van der Waals surface area contributed by atoms with Crippen LogP contribution in [0.25, 0.3) is 0 Å². The van der Waals surface area contributed by atoms with Gasteiger partial charge in [-0.15, -0.1) is 0 Å². The second-order valence-electron chi connectivity index (χ2n) is 5.27. The predicted molar refractivity (Wildman–Crippen MR) is 65.0 cm³/mol. The lowest BCUT2D eigenvalue weighted by Crippen LogP contribution is -2.44. The van der Waals surface area contributed by atoms with Gasteiger partial charge in [0.2, 0.25) is 5.89 Å². The van der Waals surface area contributed by atoms with Crippen LogP contribution in [0.15, 0.2) is 4.52 Å².